The summed E-state index contributed by atoms with van der Waals surface area (Å²) in [4.78, 5) is 24.7. The Labute approximate surface area is 256 Å². The van der Waals surface area contributed by atoms with Gasteiger partial charge in [0.1, 0.15) is 5.75 Å². The topological polar surface area (TPSA) is 113 Å². The Hall–Kier alpha value is -3.22. The van der Waals surface area contributed by atoms with Gasteiger partial charge < -0.3 is 19.3 Å². The van der Waals surface area contributed by atoms with Crippen molar-refractivity contribution in [1.82, 2.24) is 19.7 Å². The summed E-state index contributed by atoms with van der Waals surface area (Å²) in [7, 11) is -4.25. The second-order valence-electron chi connectivity index (χ2n) is 11.3. The minimum atomic E-state index is -4.25. The number of nitrogens with zero attached hydrogens (tertiary/aromatic N) is 4. The van der Waals surface area contributed by atoms with Crippen LogP contribution in [0.1, 0.15) is 42.9 Å². The highest BCUT2D eigenvalue weighted by Crippen LogP contribution is 2.38. The van der Waals surface area contributed by atoms with Crippen LogP contribution in [-0.4, -0.2) is 83.6 Å². The molecule has 2 amide bonds. The molecule has 12 heteroatoms. The molecule has 1 unspecified atom stereocenters. The number of urea groups is 1. The van der Waals surface area contributed by atoms with E-state index in [2.05, 4.69) is 25.8 Å². The van der Waals surface area contributed by atoms with Crippen LogP contribution in [0.2, 0.25) is 5.02 Å². The Morgan fingerprint density at radius 3 is 2.37 bits per heavy atom. The van der Waals surface area contributed by atoms with Crippen LogP contribution < -0.4 is 4.74 Å². The van der Waals surface area contributed by atoms with Crippen LogP contribution in [0.15, 0.2) is 71.8 Å². The highest BCUT2D eigenvalue weighted by molar-refractivity contribution is 7.85. The fourth-order valence-corrected chi connectivity index (χ4v) is 6.98. The number of ether oxygens (including phenoxy) is 2. The summed E-state index contributed by atoms with van der Waals surface area (Å²) in [5.41, 5.74) is 2.13. The lowest BCUT2D eigenvalue weighted by molar-refractivity contribution is 0.0493. The molecule has 3 saturated heterocycles. The molecular formula is C31H35ClN4O6S. The SMILES string of the molecule is O=C1N(C2CCOCC2)CC(c2cccc(Cl)c2)N1C1CCN(Cc2ccc(Oc3ccc(S(=O)(=O)O)cc3)nc2)CC1. The Bertz CT molecular complexity index is 1520. The quantitative estimate of drug-likeness (QED) is 0.331. The van der Waals surface area contributed by atoms with E-state index in [1.54, 1.807) is 12.3 Å². The first-order valence-corrected chi connectivity index (χ1v) is 16.4. The highest BCUT2D eigenvalue weighted by Gasteiger charge is 2.45. The first-order chi connectivity index (χ1) is 20.7. The summed E-state index contributed by atoms with van der Waals surface area (Å²) in [6.45, 7) is 4.54. The van der Waals surface area contributed by atoms with Crippen LogP contribution in [0, 0.1) is 0 Å². The molecule has 4 heterocycles. The summed E-state index contributed by atoms with van der Waals surface area (Å²) in [6, 6.07) is 17.6. The van der Waals surface area contributed by atoms with Crippen LogP contribution in [0.3, 0.4) is 0 Å². The van der Waals surface area contributed by atoms with Gasteiger partial charge in [-0.05, 0) is 73.2 Å². The van der Waals surface area contributed by atoms with Gasteiger partial charge in [0.05, 0.1) is 10.9 Å². The molecule has 0 spiro atoms. The standard InChI is InChI=1S/C31H35ClN4O6S/c32-24-3-1-2-23(18-24)29-21-35(25-12-16-41-17-13-25)31(37)36(29)26-10-14-34(15-11-26)20-22-4-9-30(33-19-22)42-27-5-7-28(8-6-27)43(38,39)40/h1-9,18-19,25-26,29H,10-17,20-21H2,(H,38,39,40). The van der Waals surface area contributed by atoms with Gasteiger partial charge in [-0.3, -0.25) is 9.45 Å². The lowest BCUT2D eigenvalue weighted by Crippen LogP contribution is -2.48. The third-order valence-corrected chi connectivity index (χ3v) is 9.64. The Kier molecular flexibility index (Phi) is 8.88. The van der Waals surface area contributed by atoms with Crippen LogP contribution in [-0.2, 0) is 21.4 Å². The zero-order valence-electron chi connectivity index (χ0n) is 23.7. The number of halogens is 1. The molecule has 3 aliphatic heterocycles. The van der Waals surface area contributed by atoms with Gasteiger partial charge in [0.25, 0.3) is 10.1 Å². The number of benzene rings is 2. The zero-order valence-corrected chi connectivity index (χ0v) is 25.3. The number of rotatable bonds is 8. The average molecular weight is 627 g/mol. The van der Waals surface area contributed by atoms with Crippen LogP contribution in [0.25, 0.3) is 0 Å². The lowest BCUT2D eigenvalue weighted by Gasteiger charge is -2.39. The number of piperidine rings is 1. The largest absolute Gasteiger partial charge is 0.439 e. The van der Waals surface area contributed by atoms with Crippen LogP contribution in [0.5, 0.6) is 11.6 Å². The van der Waals surface area contributed by atoms with Crippen molar-refractivity contribution in [2.24, 2.45) is 0 Å². The van der Waals surface area contributed by atoms with Gasteiger partial charge in [-0.2, -0.15) is 8.42 Å². The molecule has 1 N–H and O–H groups in total. The molecule has 0 saturated carbocycles. The predicted octanol–water partition coefficient (Wildman–Crippen LogP) is 5.40. The number of carbonyl (C=O) groups is 1. The van der Waals surface area contributed by atoms with Crippen molar-refractivity contribution < 1.29 is 27.2 Å². The van der Waals surface area contributed by atoms with Crippen molar-refractivity contribution >= 4 is 27.8 Å². The average Bonchev–Trinajstić information content (AvgIpc) is 3.36. The first kappa shape index (κ1) is 29.8. The lowest BCUT2D eigenvalue weighted by atomic mass is 9.98. The summed E-state index contributed by atoms with van der Waals surface area (Å²) in [6.07, 6.45) is 5.30. The second-order valence-corrected chi connectivity index (χ2v) is 13.2. The van der Waals surface area contributed by atoms with Crippen molar-refractivity contribution in [2.45, 2.75) is 55.2 Å². The van der Waals surface area contributed by atoms with Crippen molar-refractivity contribution in [3.8, 4) is 11.6 Å². The maximum Gasteiger partial charge on any atom is 0.321 e. The zero-order chi connectivity index (χ0) is 30.0. The Morgan fingerprint density at radius 2 is 1.72 bits per heavy atom. The third-order valence-electron chi connectivity index (χ3n) is 8.54. The molecule has 1 atom stereocenters. The van der Waals surface area contributed by atoms with E-state index >= 15 is 0 Å². The molecule has 3 aromatic rings. The van der Waals surface area contributed by atoms with Gasteiger partial charge in [0, 0.05) is 68.8 Å². The summed E-state index contributed by atoms with van der Waals surface area (Å²) in [5, 5.41) is 0.685. The van der Waals surface area contributed by atoms with Crippen molar-refractivity contribution in [1.29, 1.82) is 0 Å². The number of aromatic nitrogens is 1. The molecule has 0 radical (unpaired) electrons. The molecule has 3 fully saturated rings. The number of likely N-dealkylation sites (tertiary alicyclic amines) is 1. The van der Waals surface area contributed by atoms with Crippen LogP contribution >= 0.6 is 11.6 Å². The maximum atomic E-state index is 13.9. The molecule has 43 heavy (non-hydrogen) atoms. The highest BCUT2D eigenvalue weighted by atomic mass is 35.5. The van der Waals surface area contributed by atoms with Gasteiger partial charge in [-0.1, -0.05) is 29.8 Å². The fraction of sp³-hybridized carbons (Fsp3) is 0.419. The van der Waals surface area contributed by atoms with E-state index in [0.717, 1.165) is 56.4 Å². The third kappa shape index (κ3) is 6.97. The van der Waals surface area contributed by atoms with E-state index in [9.17, 15) is 13.2 Å². The molecular weight excluding hydrogens is 592 g/mol. The van der Waals surface area contributed by atoms with Crippen molar-refractivity contribution in [2.75, 3.05) is 32.8 Å². The summed E-state index contributed by atoms with van der Waals surface area (Å²) >= 11 is 6.36. The summed E-state index contributed by atoms with van der Waals surface area (Å²) in [5.74, 6) is 0.799. The van der Waals surface area contributed by atoms with E-state index in [0.29, 0.717) is 36.4 Å². The normalized spacial score (nSPS) is 21.0. The Morgan fingerprint density at radius 1 is 0.977 bits per heavy atom. The van der Waals surface area contributed by atoms with Crippen molar-refractivity contribution in [3.63, 3.8) is 0 Å². The van der Waals surface area contributed by atoms with Gasteiger partial charge in [0.15, 0.2) is 0 Å². The second kappa shape index (κ2) is 12.8. The Balaban J connectivity index is 1.07. The number of carbonyl (C=O) groups excluding carboxylic acids is 1. The van der Waals surface area contributed by atoms with Gasteiger partial charge in [-0.25, -0.2) is 9.78 Å². The molecule has 228 valence electrons. The van der Waals surface area contributed by atoms with E-state index in [-0.39, 0.29) is 29.1 Å². The number of amides is 2. The van der Waals surface area contributed by atoms with E-state index in [1.165, 1.54) is 24.3 Å². The van der Waals surface area contributed by atoms with E-state index < -0.39 is 10.1 Å². The van der Waals surface area contributed by atoms with E-state index in [4.69, 9.17) is 25.6 Å². The molecule has 2 aromatic carbocycles. The monoisotopic (exact) mass is 626 g/mol. The molecule has 0 aliphatic carbocycles. The smallest absolute Gasteiger partial charge is 0.321 e. The molecule has 0 bridgehead atoms. The summed E-state index contributed by atoms with van der Waals surface area (Å²) < 4.78 is 42.9. The minimum absolute atomic E-state index is 0.0217. The number of pyridine rings is 1. The maximum absolute atomic E-state index is 13.9. The van der Waals surface area contributed by atoms with Gasteiger partial charge >= 0.3 is 6.03 Å². The van der Waals surface area contributed by atoms with Crippen molar-refractivity contribution in [3.05, 3.63) is 83.0 Å². The van der Waals surface area contributed by atoms with Crippen LogP contribution in [0.4, 0.5) is 4.79 Å². The number of hydrogen-bond acceptors (Lipinski definition) is 7. The molecule has 6 rings (SSSR count). The fourth-order valence-electron chi connectivity index (χ4n) is 6.31. The molecule has 10 nitrogen and oxygen atoms in total. The molecule has 3 aliphatic rings. The molecule has 1 aromatic heterocycles. The first-order valence-electron chi connectivity index (χ1n) is 14.6. The van der Waals surface area contributed by atoms with Gasteiger partial charge in [-0.15, -0.1) is 0 Å². The van der Waals surface area contributed by atoms with E-state index in [1.807, 2.05) is 24.3 Å². The minimum Gasteiger partial charge on any atom is -0.439 e. The van der Waals surface area contributed by atoms with Gasteiger partial charge in [0.2, 0.25) is 5.88 Å². The predicted molar refractivity (Wildman–Crippen MR) is 161 cm³/mol. The number of hydrogen-bond donors (Lipinski definition) is 1.